The van der Waals surface area contributed by atoms with E-state index in [0.29, 0.717) is 11.6 Å². The molecule has 1 aliphatic rings. The Morgan fingerprint density at radius 2 is 2.00 bits per heavy atom. The van der Waals surface area contributed by atoms with Crippen molar-refractivity contribution in [2.45, 2.75) is 24.9 Å². The van der Waals surface area contributed by atoms with E-state index in [1.807, 2.05) is 49.3 Å². The second-order valence-electron chi connectivity index (χ2n) is 8.70. The van der Waals surface area contributed by atoms with Crippen LogP contribution in [0.25, 0.3) is 32.7 Å². The van der Waals surface area contributed by atoms with Crippen LogP contribution >= 0.6 is 22.9 Å². The summed E-state index contributed by atoms with van der Waals surface area (Å²) in [6.45, 7) is 0.329. The summed E-state index contributed by atoms with van der Waals surface area (Å²) in [6, 6.07) is 9.69. The third-order valence-electron chi connectivity index (χ3n) is 5.88. The molecular weight excluding hydrogens is 458 g/mol. The first kappa shape index (κ1) is 22.0. The van der Waals surface area contributed by atoms with Gasteiger partial charge in [-0.3, -0.25) is 4.79 Å². The molecule has 0 radical (unpaired) electrons. The molecular formula is C24H24ClN5O2S. The van der Waals surface area contributed by atoms with Gasteiger partial charge in [-0.25, -0.2) is 9.97 Å². The molecule has 5 rings (SSSR count). The number of aromatic amines is 1. The highest BCUT2D eigenvalue weighted by Crippen LogP contribution is 2.46. The van der Waals surface area contributed by atoms with Crippen molar-refractivity contribution >= 4 is 45.6 Å². The maximum Gasteiger partial charge on any atom is 0.238 e. The summed E-state index contributed by atoms with van der Waals surface area (Å²) >= 11 is 8.05. The lowest BCUT2D eigenvalue weighted by Gasteiger charge is -2.34. The number of benzene rings is 1. The summed E-state index contributed by atoms with van der Waals surface area (Å²) in [6.07, 6.45) is 5.94. The largest absolute Gasteiger partial charge is 0.383 e. The number of pyridine rings is 1. The molecule has 1 saturated carbocycles. The van der Waals surface area contributed by atoms with Crippen LogP contribution in [0.5, 0.6) is 0 Å². The van der Waals surface area contributed by atoms with Crippen molar-refractivity contribution < 1.29 is 9.90 Å². The fourth-order valence-electron chi connectivity index (χ4n) is 4.01. The van der Waals surface area contributed by atoms with E-state index in [-0.39, 0.29) is 5.91 Å². The number of halogens is 1. The first-order valence-electron chi connectivity index (χ1n) is 10.7. The summed E-state index contributed by atoms with van der Waals surface area (Å²) < 4.78 is 0. The van der Waals surface area contributed by atoms with E-state index in [1.54, 1.807) is 12.4 Å². The van der Waals surface area contributed by atoms with Crippen molar-refractivity contribution in [1.82, 2.24) is 19.9 Å². The van der Waals surface area contributed by atoms with Crippen molar-refractivity contribution in [2.75, 3.05) is 26.0 Å². The van der Waals surface area contributed by atoms with Gasteiger partial charge in [-0.2, -0.15) is 0 Å². The van der Waals surface area contributed by atoms with Gasteiger partial charge in [0.1, 0.15) is 16.3 Å². The molecule has 7 nitrogen and oxygen atoms in total. The zero-order chi connectivity index (χ0) is 23.2. The number of carbonyl (C=O) groups is 1. The highest BCUT2D eigenvalue weighted by atomic mass is 35.5. The van der Waals surface area contributed by atoms with E-state index in [9.17, 15) is 9.90 Å². The molecule has 9 heteroatoms. The number of nitrogens with one attached hydrogen (secondary N) is 2. The smallest absolute Gasteiger partial charge is 0.238 e. The highest BCUT2D eigenvalue weighted by molar-refractivity contribution is 7.15. The zero-order valence-corrected chi connectivity index (χ0v) is 19.9. The molecule has 0 saturated heterocycles. The number of anilines is 1. The molecule has 170 valence electrons. The minimum absolute atomic E-state index is 0.0580. The average molecular weight is 482 g/mol. The van der Waals surface area contributed by atoms with Crippen molar-refractivity contribution in [3.05, 3.63) is 52.8 Å². The topological polar surface area (TPSA) is 94.1 Å². The van der Waals surface area contributed by atoms with Crippen molar-refractivity contribution in [3.63, 3.8) is 0 Å². The number of hydrogen-bond donors (Lipinski definition) is 3. The Hall–Kier alpha value is -2.78. The number of aromatic nitrogens is 3. The normalized spacial score (nSPS) is 15.1. The molecule has 1 aliphatic carbocycles. The van der Waals surface area contributed by atoms with Gasteiger partial charge in [0.15, 0.2) is 0 Å². The summed E-state index contributed by atoms with van der Waals surface area (Å²) in [5, 5.41) is 15.7. The van der Waals surface area contributed by atoms with Gasteiger partial charge in [0.25, 0.3) is 0 Å². The van der Waals surface area contributed by atoms with E-state index in [0.717, 1.165) is 62.7 Å². The lowest BCUT2D eigenvalue weighted by atomic mass is 9.81. The van der Waals surface area contributed by atoms with Crippen LogP contribution in [0, 0.1) is 0 Å². The van der Waals surface area contributed by atoms with Crippen molar-refractivity contribution in [2.24, 2.45) is 0 Å². The third-order valence-corrected chi connectivity index (χ3v) is 7.38. The molecule has 1 aromatic carbocycles. The van der Waals surface area contributed by atoms with E-state index < -0.39 is 5.60 Å². The van der Waals surface area contributed by atoms with Crippen LogP contribution in [-0.2, 0) is 10.4 Å². The maximum absolute atomic E-state index is 12.0. The molecule has 3 aromatic heterocycles. The summed E-state index contributed by atoms with van der Waals surface area (Å²) in [4.78, 5) is 27.0. The number of thiazole rings is 1. The Labute approximate surface area is 200 Å². The second kappa shape index (κ2) is 8.53. The summed E-state index contributed by atoms with van der Waals surface area (Å²) in [5.41, 5.74) is 3.40. The number of hydrogen-bond acceptors (Lipinski definition) is 6. The van der Waals surface area contributed by atoms with Crippen LogP contribution in [0.3, 0.4) is 0 Å². The molecule has 1 amide bonds. The second-order valence-corrected chi connectivity index (χ2v) is 10.1. The number of aliphatic hydroxyl groups is 1. The zero-order valence-electron chi connectivity index (χ0n) is 18.4. The Kier molecular flexibility index (Phi) is 5.70. The average Bonchev–Trinajstić information content (AvgIpc) is 3.39. The number of rotatable bonds is 6. The summed E-state index contributed by atoms with van der Waals surface area (Å²) in [5.74, 6) is -0.0580. The number of likely N-dealkylation sites (N-methyl/N-ethyl adjacent to an activating group) is 1. The Morgan fingerprint density at radius 1 is 1.24 bits per heavy atom. The van der Waals surface area contributed by atoms with Crippen molar-refractivity contribution in [1.29, 1.82) is 0 Å². The number of fused-ring (bicyclic) bond motifs is 1. The molecule has 1 fully saturated rings. The number of amides is 1. The van der Waals surface area contributed by atoms with Gasteiger partial charge in [0, 0.05) is 34.7 Å². The van der Waals surface area contributed by atoms with E-state index >= 15 is 0 Å². The van der Waals surface area contributed by atoms with Crippen LogP contribution in [0.15, 0.2) is 42.7 Å². The Bertz CT molecular complexity index is 1320. The molecule has 3 N–H and O–H groups in total. The molecule has 0 bridgehead atoms. The van der Waals surface area contributed by atoms with Gasteiger partial charge in [0.05, 0.1) is 16.4 Å². The lowest BCUT2D eigenvalue weighted by Crippen LogP contribution is -2.33. The lowest BCUT2D eigenvalue weighted by molar-refractivity contribution is -0.116. The van der Waals surface area contributed by atoms with Gasteiger partial charge in [-0.15, -0.1) is 11.3 Å². The van der Waals surface area contributed by atoms with Gasteiger partial charge in [-0.1, -0.05) is 23.7 Å². The van der Waals surface area contributed by atoms with Crippen LogP contribution in [0.4, 0.5) is 5.69 Å². The van der Waals surface area contributed by atoms with Gasteiger partial charge >= 0.3 is 0 Å². The SMILES string of the molecule is CN(C)CC(=O)Nc1ccc(-c2cc3c(-c4cnc(C5(O)CCC5)s4)c(Cl)cnc3[nH]2)cc1. The summed E-state index contributed by atoms with van der Waals surface area (Å²) in [7, 11) is 3.71. The Morgan fingerprint density at radius 3 is 2.67 bits per heavy atom. The fraction of sp³-hybridized carbons (Fsp3) is 0.292. The molecule has 0 spiro atoms. The van der Waals surface area contributed by atoms with E-state index in [4.69, 9.17) is 11.6 Å². The van der Waals surface area contributed by atoms with Crippen LogP contribution in [0.2, 0.25) is 5.02 Å². The third kappa shape index (κ3) is 4.27. The van der Waals surface area contributed by atoms with Crippen LogP contribution < -0.4 is 5.32 Å². The van der Waals surface area contributed by atoms with E-state index in [2.05, 4.69) is 20.3 Å². The monoisotopic (exact) mass is 481 g/mol. The van der Waals surface area contributed by atoms with Gasteiger partial charge in [0.2, 0.25) is 5.91 Å². The van der Waals surface area contributed by atoms with Crippen LogP contribution in [-0.4, -0.2) is 51.5 Å². The maximum atomic E-state index is 12.0. The highest BCUT2D eigenvalue weighted by Gasteiger charge is 2.39. The predicted molar refractivity (Wildman–Crippen MR) is 133 cm³/mol. The van der Waals surface area contributed by atoms with Crippen molar-refractivity contribution in [3.8, 4) is 21.7 Å². The molecule has 33 heavy (non-hydrogen) atoms. The molecule has 0 atom stereocenters. The standard InChI is InChI=1S/C24H24ClN5O2S/c1-30(2)13-20(31)28-15-6-4-14(5-7-15)18-10-16-21(17(25)11-26-22(16)29-18)19-12-27-23(33-19)24(32)8-3-9-24/h4-7,10-12,32H,3,8-9,13H2,1-2H3,(H,26,29)(H,28,31). The number of nitrogens with zero attached hydrogens (tertiary/aromatic N) is 3. The fourth-order valence-corrected chi connectivity index (χ4v) is 5.45. The van der Waals surface area contributed by atoms with Gasteiger partial charge in [-0.05, 0) is 57.1 Å². The molecule has 0 unspecified atom stereocenters. The van der Waals surface area contributed by atoms with E-state index in [1.165, 1.54) is 11.3 Å². The first-order chi connectivity index (χ1) is 15.8. The molecule has 3 heterocycles. The first-order valence-corrected chi connectivity index (χ1v) is 11.9. The molecule has 0 aliphatic heterocycles. The molecule has 4 aromatic rings. The number of carbonyl (C=O) groups excluding carboxylic acids is 1. The minimum Gasteiger partial charge on any atom is -0.383 e. The Balaban J connectivity index is 1.45. The van der Waals surface area contributed by atoms with Crippen LogP contribution in [0.1, 0.15) is 24.3 Å². The quantitative estimate of drug-likeness (QED) is 0.365. The number of H-pyrrole nitrogens is 1. The van der Waals surface area contributed by atoms with Gasteiger partial charge < -0.3 is 20.3 Å². The minimum atomic E-state index is -0.797. The predicted octanol–water partition coefficient (Wildman–Crippen LogP) is 4.88.